The van der Waals surface area contributed by atoms with Crippen LogP contribution < -0.4 is 10.3 Å². The molecule has 0 unspecified atom stereocenters. The predicted molar refractivity (Wildman–Crippen MR) is 124 cm³/mol. The van der Waals surface area contributed by atoms with Gasteiger partial charge in [-0.1, -0.05) is 30.3 Å². The summed E-state index contributed by atoms with van der Waals surface area (Å²) in [6, 6.07) is 13.0. The number of benzene rings is 2. The van der Waals surface area contributed by atoms with Gasteiger partial charge in [0.2, 0.25) is 12.7 Å². The number of aromatic nitrogens is 3. The number of hydrogen-bond acceptors (Lipinski definition) is 6. The van der Waals surface area contributed by atoms with Gasteiger partial charge < -0.3 is 9.84 Å². The molecular weight excluding hydrogens is 429 g/mol. The van der Waals surface area contributed by atoms with Crippen LogP contribution in [0.15, 0.2) is 59.8 Å². The molecule has 0 saturated carbocycles. The Bertz CT molecular complexity index is 1330. The van der Waals surface area contributed by atoms with Crippen molar-refractivity contribution >= 4 is 33.4 Å². The van der Waals surface area contributed by atoms with Gasteiger partial charge in [-0.25, -0.2) is 14.4 Å². The normalized spacial score (nSPS) is 18.8. The maximum absolute atomic E-state index is 13.5. The van der Waals surface area contributed by atoms with Crippen LogP contribution in [0.1, 0.15) is 23.6 Å². The fourth-order valence-electron chi connectivity index (χ4n) is 4.34. The van der Waals surface area contributed by atoms with Crippen LogP contribution in [0.4, 0.5) is 4.39 Å². The maximum Gasteiger partial charge on any atom is 0.261 e. The monoisotopic (exact) mass is 451 g/mol. The number of thioether (sulfide) groups is 1. The number of fused-ring (bicyclic) bond motifs is 3. The molecule has 2 aromatic carbocycles. The molecule has 0 aliphatic carbocycles. The summed E-state index contributed by atoms with van der Waals surface area (Å²) in [6.07, 6.45) is 3.95. The maximum atomic E-state index is 13.5. The molecule has 0 amide bonds. The van der Waals surface area contributed by atoms with E-state index in [9.17, 15) is 14.3 Å². The number of ether oxygens (including phenoxy) is 1. The van der Waals surface area contributed by atoms with Crippen LogP contribution in [0, 0.1) is 0 Å². The van der Waals surface area contributed by atoms with Gasteiger partial charge in [0, 0.05) is 23.4 Å². The second-order valence-electron chi connectivity index (χ2n) is 7.87. The quantitative estimate of drug-likeness (QED) is 0.464. The molecule has 0 radical (unpaired) electrons. The van der Waals surface area contributed by atoms with Crippen LogP contribution in [0.2, 0.25) is 0 Å². The van der Waals surface area contributed by atoms with Crippen molar-refractivity contribution in [1.82, 2.24) is 14.5 Å². The summed E-state index contributed by atoms with van der Waals surface area (Å²) < 4.78 is 18.7. The average molecular weight is 452 g/mol. The number of aliphatic hydroxyl groups excluding tert-OH is 1. The Labute approximate surface area is 188 Å². The van der Waals surface area contributed by atoms with Crippen molar-refractivity contribution in [1.29, 1.82) is 0 Å². The first-order chi connectivity index (χ1) is 15.7. The molecular formula is C24H22FN3O3S. The van der Waals surface area contributed by atoms with Crippen LogP contribution >= 0.6 is 11.8 Å². The largest absolute Gasteiger partial charge is 0.446 e. The standard InChI is InChI=1S/C24H22FN3O3S/c25-13-31-22-6-5-15(11-26-22)9-16-10-19-23(18-4-2-1-3-17(16)18)27-14-28(24(19)30)20-7-8-32-12-21(20)29/h1-6,10-11,14,20-21,29H,7-9,12-13H2/t20-,21-/m0/s1. The number of hydrogen-bond donors (Lipinski definition) is 1. The highest BCUT2D eigenvalue weighted by molar-refractivity contribution is 7.99. The zero-order chi connectivity index (χ0) is 22.1. The third-order valence-corrected chi connectivity index (χ3v) is 7.02. The highest BCUT2D eigenvalue weighted by Crippen LogP contribution is 2.30. The Morgan fingerprint density at radius 1 is 1.16 bits per heavy atom. The van der Waals surface area contributed by atoms with Gasteiger partial charge >= 0.3 is 0 Å². The van der Waals surface area contributed by atoms with Crippen molar-refractivity contribution in [3.05, 3.63) is 76.5 Å². The molecule has 2 aromatic heterocycles. The summed E-state index contributed by atoms with van der Waals surface area (Å²) >= 11 is 1.70. The van der Waals surface area contributed by atoms with E-state index in [-0.39, 0.29) is 17.5 Å². The van der Waals surface area contributed by atoms with Crippen LogP contribution in [0.3, 0.4) is 0 Å². The zero-order valence-corrected chi connectivity index (χ0v) is 18.1. The smallest absolute Gasteiger partial charge is 0.261 e. The summed E-state index contributed by atoms with van der Waals surface area (Å²) in [5.74, 6) is 1.76. The summed E-state index contributed by atoms with van der Waals surface area (Å²) in [4.78, 5) is 22.3. The van der Waals surface area contributed by atoms with E-state index < -0.39 is 13.0 Å². The van der Waals surface area contributed by atoms with Gasteiger partial charge in [-0.3, -0.25) is 9.36 Å². The van der Waals surface area contributed by atoms with Crippen molar-refractivity contribution in [3.63, 3.8) is 0 Å². The zero-order valence-electron chi connectivity index (χ0n) is 17.3. The molecule has 1 aliphatic heterocycles. The van der Waals surface area contributed by atoms with Gasteiger partial charge in [0.25, 0.3) is 5.56 Å². The van der Waals surface area contributed by atoms with E-state index in [1.54, 1.807) is 34.9 Å². The van der Waals surface area contributed by atoms with E-state index in [2.05, 4.69) is 9.97 Å². The first-order valence-corrected chi connectivity index (χ1v) is 11.6. The first kappa shape index (κ1) is 20.9. The molecule has 3 heterocycles. The number of nitrogens with zero attached hydrogens (tertiary/aromatic N) is 3. The molecule has 8 heteroatoms. The SMILES string of the molecule is O=c1c2cc(Cc3ccc(OCF)nc3)c3ccccc3c2ncn1[C@H]1CCSC[C@@H]1O. The first-order valence-electron chi connectivity index (χ1n) is 10.5. The number of halogens is 1. The number of pyridine rings is 1. The molecule has 1 aliphatic rings. The molecule has 32 heavy (non-hydrogen) atoms. The highest BCUT2D eigenvalue weighted by atomic mass is 32.2. The van der Waals surface area contributed by atoms with Crippen LogP contribution in [-0.4, -0.2) is 44.1 Å². The molecule has 5 rings (SSSR count). The summed E-state index contributed by atoms with van der Waals surface area (Å²) in [6.45, 7) is -0.921. The van der Waals surface area contributed by atoms with Crippen LogP contribution in [0.25, 0.3) is 21.7 Å². The Morgan fingerprint density at radius 2 is 2.00 bits per heavy atom. The van der Waals surface area contributed by atoms with Gasteiger partial charge in [0.1, 0.15) is 0 Å². The lowest BCUT2D eigenvalue weighted by atomic mass is 9.96. The molecule has 0 spiro atoms. The third kappa shape index (κ3) is 3.84. The predicted octanol–water partition coefficient (Wildman–Crippen LogP) is 3.88. The van der Waals surface area contributed by atoms with E-state index in [1.165, 1.54) is 0 Å². The number of rotatable bonds is 5. The summed E-state index contributed by atoms with van der Waals surface area (Å²) in [7, 11) is 0. The molecule has 0 bridgehead atoms. The summed E-state index contributed by atoms with van der Waals surface area (Å²) in [5, 5.41) is 12.9. The van der Waals surface area contributed by atoms with E-state index in [0.717, 1.165) is 34.1 Å². The van der Waals surface area contributed by atoms with Crippen molar-refractivity contribution in [3.8, 4) is 5.88 Å². The van der Waals surface area contributed by atoms with Gasteiger partial charge in [-0.2, -0.15) is 11.8 Å². The topological polar surface area (TPSA) is 77.2 Å². The number of alkyl halides is 1. The highest BCUT2D eigenvalue weighted by Gasteiger charge is 2.26. The van der Waals surface area contributed by atoms with E-state index >= 15 is 0 Å². The van der Waals surface area contributed by atoms with Crippen molar-refractivity contribution in [2.45, 2.75) is 25.0 Å². The van der Waals surface area contributed by atoms with Gasteiger partial charge in [-0.15, -0.1) is 0 Å². The molecule has 2 atom stereocenters. The van der Waals surface area contributed by atoms with Gasteiger partial charge in [-0.05, 0) is 41.2 Å². The minimum atomic E-state index is -0.921. The molecule has 6 nitrogen and oxygen atoms in total. The Balaban J connectivity index is 1.63. The van der Waals surface area contributed by atoms with E-state index in [0.29, 0.717) is 23.1 Å². The Morgan fingerprint density at radius 3 is 2.75 bits per heavy atom. The van der Waals surface area contributed by atoms with Crippen LogP contribution in [0.5, 0.6) is 5.88 Å². The third-order valence-electron chi connectivity index (χ3n) is 5.92. The molecule has 1 fully saturated rings. The minimum Gasteiger partial charge on any atom is -0.446 e. The lowest BCUT2D eigenvalue weighted by Crippen LogP contribution is -2.36. The van der Waals surface area contributed by atoms with Crippen molar-refractivity contribution in [2.24, 2.45) is 0 Å². The molecule has 4 aromatic rings. The van der Waals surface area contributed by atoms with E-state index in [1.807, 2.05) is 36.4 Å². The fourth-order valence-corrected chi connectivity index (χ4v) is 5.38. The summed E-state index contributed by atoms with van der Waals surface area (Å²) in [5.41, 5.74) is 2.42. The Kier molecular flexibility index (Phi) is 5.80. The molecule has 164 valence electrons. The fraction of sp³-hybridized carbons (Fsp3) is 0.292. The minimum absolute atomic E-state index is 0.136. The molecule has 1 saturated heterocycles. The second-order valence-corrected chi connectivity index (χ2v) is 9.02. The van der Waals surface area contributed by atoms with Crippen molar-refractivity contribution < 1.29 is 14.2 Å². The van der Waals surface area contributed by atoms with Gasteiger partial charge in [0.15, 0.2) is 0 Å². The lowest BCUT2D eigenvalue weighted by molar-refractivity contribution is 0.126. The number of aliphatic hydroxyl groups is 1. The molecule has 1 N–H and O–H groups in total. The van der Waals surface area contributed by atoms with E-state index in [4.69, 9.17) is 4.74 Å². The second kappa shape index (κ2) is 8.88. The lowest BCUT2D eigenvalue weighted by Gasteiger charge is -2.28. The van der Waals surface area contributed by atoms with Crippen LogP contribution in [-0.2, 0) is 6.42 Å². The average Bonchev–Trinajstić information content (AvgIpc) is 2.82. The Hall–Kier alpha value is -2.97. The van der Waals surface area contributed by atoms with Crippen molar-refractivity contribution in [2.75, 3.05) is 18.4 Å². The van der Waals surface area contributed by atoms with Gasteiger partial charge in [0.05, 0.1) is 29.4 Å².